The number of anilines is 1. The lowest BCUT2D eigenvalue weighted by atomic mass is 10.2. The van der Waals surface area contributed by atoms with E-state index in [4.69, 9.17) is 15.2 Å². The summed E-state index contributed by atoms with van der Waals surface area (Å²) in [6, 6.07) is 11.6. The molecule has 0 fully saturated rings. The van der Waals surface area contributed by atoms with Crippen molar-refractivity contribution in [3.05, 3.63) is 42.0 Å². The quantitative estimate of drug-likeness (QED) is 0.802. The zero-order chi connectivity index (χ0) is 15.0. The molecule has 5 heteroatoms. The molecule has 21 heavy (non-hydrogen) atoms. The first-order valence-corrected chi connectivity index (χ1v) is 6.61. The molecule has 0 saturated carbocycles. The smallest absolute Gasteiger partial charge is 0.205 e. The third-order valence-corrected chi connectivity index (χ3v) is 3.53. The van der Waals surface area contributed by atoms with Gasteiger partial charge in [0.15, 0.2) is 0 Å². The van der Waals surface area contributed by atoms with Crippen LogP contribution < -0.4 is 15.2 Å². The summed E-state index contributed by atoms with van der Waals surface area (Å²) < 4.78 is 12.5. The Labute approximate surface area is 122 Å². The van der Waals surface area contributed by atoms with E-state index in [0.29, 0.717) is 5.95 Å². The third kappa shape index (κ3) is 2.16. The monoisotopic (exact) mass is 283 g/mol. The lowest BCUT2D eigenvalue weighted by Gasteiger charge is -2.11. The molecule has 108 valence electrons. The van der Waals surface area contributed by atoms with Crippen LogP contribution in [-0.4, -0.2) is 23.8 Å². The van der Waals surface area contributed by atoms with Crippen molar-refractivity contribution >= 4 is 17.0 Å². The van der Waals surface area contributed by atoms with Gasteiger partial charge >= 0.3 is 0 Å². The molecule has 0 unspecified atom stereocenters. The maximum atomic E-state index is 6.10. The summed E-state index contributed by atoms with van der Waals surface area (Å²) in [5.41, 5.74) is 9.88. The molecule has 0 radical (unpaired) electrons. The number of aromatic nitrogens is 2. The molecule has 0 aliphatic carbocycles. The number of imidazole rings is 1. The molecule has 3 aromatic rings. The fourth-order valence-electron chi connectivity index (χ4n) is 2.46. The zero-order valence-electron chi connectivity index (χ0n) is 12.3. The van der Waals surface area contributed by atoms with Crippen molar-refractivity contribution in [3.63, 3.8) is 0 Å². The minimum absolute atomic E-state index is 0.450. The van der Waals surface area contributed by atoms with Gasteiger partial charge in [0.1, 0.15) is 11.5 Å². The lowest BCUT2D eigenvalue weighted by Crippen LogP contribution is -2.02. The molecule has 0 saturated heterocycles. The van der Waals surface area contributed by atoms with E-state index in [2.05, 4.69) is 4.98 Å². The van der Waals surface area contributed by atoms with Crippen LogP contribution in [0.2, 0.25) is 0 Å². The fourth-order valence-corrected chi connectivity index (χ4v) is 2.46. The Balaban J connectivity index is 2.26. The molecule has 0 amide bonds. The normalized spacial score (nSPS) is 10.8. The molecular weight excluding hydrogens is 266 g/mol. The number of ether oxygens (including phenoxy) is 2. The number of benzene rings is 2. The highest BCUT2D eigenvalue weighted by Gasteiger charge is 2.13. The Morgan fingerprint density at radius 3 is 2.33 bits per heavy atom. The summed E-state index contributed by atoms with van der Waals surface area (Å²) in [5, 5.41) is 0. The summed E-state index contributed by atoms with van der Waals surface area (Å²) >= 11 is 0. The van der Waals surface area contributed by atoms with Crippen LogP contribution in [-0.2, 0) is 0 Å². The van der Waals surface area contributed by atoms with Gasteiger partial charge in [-0.15, -0.1) is 0 Å². The third-order valence-electron chi connectivity index (χ3n) is 3.53. The number of fused-ring (bicyclic) bond motifs is 1. The first kappa shape index (κ1) is 13.3. The Hall–Kier alpha value is -2.69. The molecule has 5 nitrogen and oxygen atoms in total. The first-order valence-electron chi connectivity index (χ1n) is 6.61. The Morgan fingerprint density at radius 2 is 1.67 bits per heavy atom. The first-order chi connectivity index (χ1) is 10.1. The maximum Gasteiger partial charge on any atom is 0.205 e. The summed E-state index contributed by atoms with van der Waals surface area (Å²) in [4.78, 5) is 4.40. The van der Waals surface area contributed by atoms with Crippen LogP contribution >= 0.6 is 0 Å². The van der Waals surface area contributed by atoms with Gasteiger partial charge in [0.05, 0.1) is 30.9 Å². The van der Waals surface area contributed by atoms with Crippen LogP contribution in [0.3, 0.4) is 0 Å². The van der Waals surface area contributed by atoms with Crippen molar-refractivity contribution in [1.82, 2.24) is 9.55 Å². The molecule has 3 rings (SSSR count). The van der Waals surface area contributed by atoms with Gasteiger partial charge in [-0.3, -0.25) is 4.57 Å². The Kier molecular flexibility index (Phi) is 3.17. The second-order valence-electron chi connectivity index (χ2n) is 4.81. The zero-order valence-corrected chi connectivity index (χ0v) is 12.3. The van der Waals surface area contributed by atoms with Crippen molar-refractivity contribution in [3.8, 4) is 17.2 Å². The van der Waals surface area contributed by atoms with E-state index < -0.39 is 0 Å². The van der Waals surface area contributed by atoms with E-state index in [1.807, 2.05) is 47.9 Å². The van der Waals surface area contributed by atoms with Crippen molar-refractivity contribution in [2.75, 3.05) is 20.0 Å². The van der Waals surface area contributed by atoms with Crippen LogP contribution in [0.25, 0.3) is 16.7 Å². The maximum absolute atomic E-state index is 6.10. The number of aryl methyl sites for hydroxylation is 1. The number of rotatable bonds is 3. The van der Waals surface area contributed by atoms with Crippen LogP contribution in [0.1, 0.15) is 5.56 Å². The van der Waals surface area contributed by atoms with Gasteiger partial charge in [-0.2, -0.15) is 0 Å². The van der Waals surface area contributed by atoms with Gasteiger partial charge in [0.25, 0.3) is 0 Å². The number of methoxy groups -OCH3 is 2. The number of nitrogens with zero attached hydrogens (tertiary/aromatic N) is 2. The van der Waals surface area contributed by atoms with Crippen LogP contribution in [0, 0.1) is 6.92 Å². The second kappa shape index (κ2) is 5.01. The Bertz CT molecular complexity index is 809. The van der Waals surface area contributed by atoms with Gasteiger partial charge in [0.2, 0.25) is 5.95 Å². The average molecular weight is 283 g/mol. The number of hydrogen-bond donors (Lipinski definition) is 1. The number of nitrogen functional groups attached to an aromatic ring is 1. The van der Waals surface area contributed by atoms with Gasteiger partial charge in [0, 0.05) is 6.07 Å². The minimum Gasteiger partial charge on any atom is -0.497 e. The van der Waals surface area contributed by atoms with Gasteiger partial charge in [-0.05, 0) is 42.8 Å². The summed E-state index contributed by atoms with van der Waals surface area (Å²) in [6.07, 6.45) is 0. The average Bonchev–Trinajstić information content (AvgIpc) is 2.82. The predicted molar refractivity (Wildman–Crippen MR) is 83.3 cm³/mol. The second-order valence-corrected chi connectivity index (χ2v) is 4.81. The van der Waals surface area contributed by atoms with Crippen LogP contribution in [0.5, 0.6) is 11.5 Å². The highest BCUT2D eigenvalue weighted by molar-refractivity contribution is 5.82. The molecule has 0 atom stereocenters. The van der Waals surface area contributed by atoms with Gasteiger partial charge < -0.3 is 15.2 Å². The summed E-state index contributed by atoms with van der Waals surface area (Å²) in [5.74, 6) is 2.04. The minimum atomic E-state index is 0.450. The SMILES string of the molecule is COc1ccc(-n2c(N)nc3ccc(OC)cc32)c(C)c1. The van der Waals surface area contributed by atoms with E-state index >= 15 is 0 Å². The van der Waals surface area contributed by atoms with Crippen molar-refractivity contribution < 1.29 is 9.47 Å². The van der Waals surface area contributed by atoms with E-state index in [0.717, 1.165) is 33.8 Å². The van der Waals surface area contributed by atoms with E-state index in [1.54, 1.807) is 14.2 Å². The molecule has 1 aromatic heterocycles. The molecule has 2 N–H and O–H groups in total. The van der Waals surface area contributed by atoms with E-state index in [9.17, 15) is 0 Å². The Morgan fingerprint density at radius 1 is 1.00 bits per heavy atom. The van der Waals surface area contributed by atoms with Crippen LogP contribution in [0.15, 0.2) is 36.4 Å². The molecule has 1 heterocycles. The molecule has 0 spiro atoms. The number of hydrogen-bond acceptors (Lipinski definition) is 4. The molecule has 0 aliphatic heterocycles. The van der Waals surface area contributed by atoms with Crippen molar-refractivity contribution in [2.45, 2.75) is 6.92 Å². The van der Waals surface area contributed by atoms with E-state index in [1.165, 1.54) is 0 Å². The standard InChI is InChI=1S/C16H17N3O2/c1-10-8-11(20-2)5-7-14(10)19-15-9-12(21-3)4-6-13(15)18-16(19)17/h4-9H,1-3H3,(H2,17,18). The topological polar surface area (TPSA) is 62.3 Å². The molecule has 0 aliphatic rings. The van der Waals surface area contributed by atoms with E-state index in [-0.39, 0.29) is 0 Å². The molecular formula is C16H17N3O2. The highest BCUT2D eigenvalue weighted by Crippen LogP contribution is 2.29. The van der Waals surface area contributed by atoms with Gasteiger partial charge in [-0.1, -0.05) is 0 Å². The van der Waals surface area contributed by atoms with Crippen molar-refractivity contribution in [1.29, 1.82) is 0 Å². The summed E-state index contributed by atoms with van der Waals surface area (Å²) in [6.45, 7) is 2.02. The fraction of sp³-hybridized carbons (Fsp3) is 0.188. The highest BCUT2D eigenvalue weighted by atomic mass is 16.5. The molecule has 0 bridgehead atoms. The number of nitrogens with two attached hydrogens (primary N) is 1. The predicted octanol–water partition coefficient (Wildman–Crippen LogP) is 2.93. The summed E-state index contributed by atoms with van der Waals surface area (Å²) in [7, 11) is 3.30. The molecule has 2 aromatic carbocycles. The van der Waals surface area contributed by atoms with Gasteiger partial charge in [-0.25, -0.2) is 4.98 Å². The van der Waals surface area contributed by atoms with Crippen LogP contribution in [0.4, 0.5) is 5.95 Å². The van der Waals surface area contributed by atoms with Crippen molar-refractivity contribution in [2.24, 2.45) is 0 Å². The largest absolute Gasteiger partial charge is 0.497 e. The lowest BCUT2D eigenvalue weighted by molar-refractivity contribution is 0.414.